The van der Waals surface area contributed by atoms with Gasteiger partial charge in [0.15, 0.2) is 0 Å². The standard InChI is InChI=1S/C32H46O8/c1-23-16-17-38-28(19-23)14-15-31(34)30(33)12-6-10-27(39-22-37-4)20-24(2)18-25(3)21-29-11-5-8-26(40-29)9-7-13-32(35)36/h5-6,8,10,14-16,25-31,33-34H,2,9,11-12,17-22H2,1,3-4H3,(H,35,36)/b10-6+,15-14+/t25-,26-,27+,28+,29-,30-,31-/m0/s1. The molecule has 0 aromatic rings. The van der Waals surface area contributed by atoms with Crippen LogP contribution in [0.4, 0.5) is 0 Å². The first-order valence-corrected chi connectivity index (χ1v) is 14.0. The second kappa shape index (κ2) is 18.8. The fraction of sp³-hybridized carbons (Fsp3) is 0.594. The van der Waals surface area contributed by atoms with Crippen LogP contribution in [0.1, 0.15) is 58.8 Å². The largest absolute Gasteiger partial charge is 0.472 e. The number of rotatable bonds is 16. The molecule has 0 saturated carbocycles. The van der Waals surface area contributed by atoms with Gasteiger partial charge in [-0.1, -0.05) is 73.1 Å². The predicted octanol–water partition coefficient (Wildman–Crippen LogP) is 4.49. The number of hydrogen-bond donors (Lipinski definition) is 3. The second-order valence-corrected chi connectivity index (χ2v) is 10.6. The Labute approximate surface area is 239 Å². The number of methoxy groups -OCH3 is 1. The highest BCUT2D eigenvalue weighted by Crippen LogP contribution is 2.26. The van der Waals surface area contributed by atoms with Crippen LogP contribution in [0.3, 0.4) is 0 Å². The minimum Gasteiger partial charge on any atom is -0.472 e. The van der Waals surface area contributed by atoms with Gasteiger partial charge in [-0.3, -0.25) is 0 Å². The Morgan fingerprint density at radius 3 is 2.83 bits per heavy atom. The van der Waals surface area contributed by atoms with Gasteiger partial charge in [0.2, 0.25) is 0 Å². The Morgan fingerprint density at radius 1 is 1.30 bits per heavy atom. The summed E-state index contributed by atoms with van der Waals surface area (Å²) in [5.74, 6) is 3.97. The average molecular weight is 559 g/mol. The number of aliphatic hydroxyl groups is 2. The van der Waals surface area contributed by atoms with Crippen molar-refractivity contribution in [3.8, 4) is 11.8 Å². The van der Waals surface area contributed by atoms with E-state index in [9.17, 15) is 15.0 Å². The summed E-state index contributed by atoms with van der Waals surface area (Å²) < 4.78 is 22.6. The molecule has 0 aromatic heterocycles. The molecule has 8 heteroatoms. The van der Waals surface area contributed by atoms with Crippen LogP contribution < -0.4 is 0 Å². The fourth-order valence-corrected chi connectivity index (χ4v) is 4.73. The van der Waals surface area contributed by atoms with Crippen molar-refractivity contribution in [2.75, 3.05) is 20.5 Å². The molecule has 3 N–H and O–H groups in total. The van der Waals surface area contributed by atoms with E-state index in [2.05, 4.69) is 38.3 Å². The molecule has 0 spiro atoms. The Hall–Kier alpha value is -2.51. The highest BCUT2D eigenvalue weighted by atomic mass is 16.7. The van der Waals surface area contributed by atoms with E-state index >= 15 is 0 Å². The first kappa shape index (κ1) is 33.7. The first-order chi connectivity index (χ1) is 19.2. The molecular weight excluding hydrogens is 512 g/mol. The monoisotopic (exact) mass is 558 g/mol. The van der Waals surface area contributed by atoms with Gasteiger partial charge in [-0.05, 0) is 51.4 Å². The van der Waals surface area contributed by atoms with Crippen LogP contribution in [0.25, 0.3) is 0 Å². The van der Waals surface area contributed by atoms with Gasteiger partial charge in [0.1, 0.15) is 6.79 Å². The van der Waals surface area contributed by atoms with E-state index in [1.54, 1.807) is 13.2 Å². The van der Waals surface area contributed by atoms with E-state index in [1.807, 2.05) is 30.4 Å². The number of hydrogen-bond acceptors (Lipinski definition) is 7. The van der Waals surface area contributed by atoms with E-state index < -0.39 is 18.2 Å². The van der Waals surface area contributed by atoms with Crippen molar-refractivity contribution >= 4 is 5.97 Å². The highest BCUT2D eigenvalue weighted by molar-refractivity contribution is 5.86. The minimum absolute atomic E-state index is 0.0528. The van der Waals surface area contributed by atoms with E-state index in [4.69, 9.17) is 24.1 Å². The van der Waals surface area contributed by atoms with Crippen molar-refractivity contribution in [2.45, 2.75) is 95.4 Å². The summed E-state index contributed by atoms with van der Waals surface area (Å²) in [6, 6.07) is 0. The van der Waals surface area contributed by atoms with Crippen molar-refractivity contribution in [1.82, 2.24) is 0 Å². The number of carbonyl (C=O) groups is 1. The van der Waals surface area contributed by atoms with Crippen LogP contribution in [-0.2, 0) is 23.7 Å². The van der Waals surface area contributed by atoms with E-state index in [1.165, 1.54) is 5.57 Å². The molecule has 0 bridgehead atoms. The summed E-state index contributed by atoms with van der Waals surface area (Å²) >= 11 is 0. The lowest BCUT2D eigenvalue weighted by molar-refractivity contribution is -0.130. The molecule has 40 heavy (non-hydrogen) atoms. The minimum atomic E-state index is -1.13. The Bertz CT molecular complexity index is 969. The van der Waals surface area contributed by atoms with Gasteiger partial charge in [-0.2, -0.15) is 0 Å². The molecule has 2 aliphatic heterocycles. The molecule has 0 aromatic carbocycles. The third-order valence-corrected chi connectivity index (χ3v) is 6.72. The number of aliphatic hydroxyl groups excluding tert-OH is 2. The molecule has 0 radical (unpaired) electrons. The molecule has 222 valence electrons. The van der Waals surface area contributed by atoms with Crippen molar-refractivity contribution < 1.29 is 39.1 Å². The third-order valence-electron chi connectivity index (χ3n) is 6.72. The molecule has 0 unspecified atom stereocenters. The summed E-state index contributed by atoms with van der Waals surface area (Å²) in [6.07, 6.45) is 15.2. The van der Waals surface area contributed by atoms with Gasteiger partial charge in [0.25, 0.3) is 0 Å². The molecule has 8 nitrogen and oxygen atoms in total. The van der Waals surface area contributed by atoms with Gasteiger partial charge in [-0.25, -0.2) is 4.79 Å². The Morgan fingerprint density at radius 2 is 2.10 bits per heavy atom. The van der Waals surface area contributed by atoms with Crippen molar-refractivity contribution in [3.63, 3.8) is 0 Å². The summed E-state index contributed by atoms with van der Waals surface area (Å²) in [4.78, 5) is 10.6. The smallest absolute Gasteiger partial charge is 0.381 e. The van der Waals surface area contributed by atoms with Crippen molar-refractivity contribution in [2.24, 2.45) is 5.92 Å². The molecular formula is C32H46O8. The Kier molecular flexibility index (Phi) is 15.8. The quantitative estimate of drug-likeness (QED) is 0.144. The van der Waals surface area contributed by atoms with Crippen LogP contribution >= 0.6 is 0 Å². The van der Waals surface area contributed by atoms with Crippen molar-refractivity contribution in [1.29, 1.82) is 0 Å². The maximum absolute atomic E-state index is 10.6. The first-order valence-electron chi connectivity index (χ1n) is 14.0. The number of aliphatic carboxylic acids is 1. The highest BCUT2D eigenvalue weighted by Gasteiger charge is 2.21. The zero-order chi connectivity index (χ0) is 29.3. The predicted molar refractivity (Wildman–Crippen MR) is 154 cm³/mol. The summed E-state index contributed by atoms with van der Waals surface area (Å²) in [5.41, 5.74) is 2.29. The van der Waals surface area contributed by atoms with E-state index in [0.29, 0.717) is 25.4 Å². The normalized spacial score (nSPS) is 24.2. The zero-order valence-corrected chi connectivity index (χ0v) is 24.0. The lowest BCUT2D eigenvalue weighted by atomic mass is 9.91. The lowest BCUT2D eigenvalue weighted by Crippen LogP contribution is -2.26. The molecule has 2 rings (SSSR count). The molecule has 7 atom stereocenters. The van der Waals surface area contributed by atoms with Gasteiger partial charge in [0.05, 0.1) is 43.2 Å². The zero-order valence-electron chi connectivity index (χ0n) is 24.0. The van der Waals surface area contributed by atoms with Gasteiger partial charge in [0, 0.05) is 19.5 Å². The number of ether oxygens (including phenoxy) is 4. The van der Waals surface area contributed by atoms with Crippen LogP contribution in [0, 0.1) is 17.8 Å². The third kappa shape index (κ3) is 14.2. The maximum Gasteiger partial charge on any atom is 0.381 e. The fourth-order valence-electron chi connectivity index (χ4n) is 4.73. The van der Waals surface area contributed by atoms with Crippen LogP contribution in [0.5, 0.6) is 0 Å². The molecule has 0 fully saturated rings. The summed E-state index contributed by atoms with van der Waals surface area (Å²) in [7, 11) is 1.57. The molecule has 0 aliphatic carbocycles. The molecule has 2 aliphatic rings. The maximum atomic E-state index is 10.6. The molecule has 0 saturated heterocycles. The molecule has 2 heterocycles. The van der Waals surface area contributed by atoms with Crippen LogP contribution in [0.2, 0.25) is 0 Å². The SMILES string of the molecule is C=C(C[C@H](C)C[C@@H]1CC=C[C@@H](CC#CC(=O)O)O1)C[C@@H](/C=C/C[C@H](O)[C@@H](O)/C=C/[C@@H]1CC(C)=CCO1)OCOC. The van der Waals surface area contributed by atoms with E-state index in [0.717, 1.165) is 31.3 Å². The van der Waals surface area contributed by atoms with Crippen LogP contribution in [0.15, 0.2) is 60.3 Å². The second-order valence-electron chi connectivity index (χ2n) is 10.6. The summed E-state index contributed by atoms with van der Waals surface area (Å²) in [6.45, 7) is 9.17. The molecule has 0 amide bonds. The van der Waals surface area contributed by atoms with Crippen LogP contribution in [-0.4, -0.2) is 78.4 Å². The summed E-state index contributed by atoms with van der Waals surface area (Å²) in [5, 5.41) is 29.4. The lowest BCUT2D eigenvalue weighted by Gasteiger charge is -2.27. The average Bonchev–Trinajstić information content (AvgIpc) is 2.90. The van der Waals surface area contributed by atoms with Gasteiger partial charge < -0.3 is 34.3 Å². The van der Waals surface area contributed by atoms with E-state index in [-0.39, 0.29) is 37.6 Å². The number of carboxylic acids is 1. The number of carboxylic acid groups (broad SMARTS) is 1. The van der Waals surface area contributed by atoms with Crippen molar-refractivity contribution in [3.05, 3.63) is 60.3 Å². The topological polar surface area (TPSA) is 115 Å². The van der Waals surface area contributed by atoms with Gasteiger partial charge in [-0.15, -0.1) is 0 Å². The Balaban J connectivity index is 1.78. The van der Waals surface area contributed by atoms with Gasteiger partial charge >= 0.3 is 5.97 Å².